The van der Waals surface area contributed by atoms with Crippen molar-refractivity contribution in [2.24, 2.45) is 0 Å². The van der Waals surface area contributed by atoms with Gasteiger partial charge in [0.1, 0.15) is 5.82 Å². The number of hydrogen-bond acceptors (Lipinski definition) is 6. The number of halogens is 1. The fraction of sp³-hybridized carbons (Fsp3) is 0.200. The van der Waals surface area contributed by atoms with Crippen LogP contribution in [-0.2, 0) is 14.3 Å². The Bertz CT molecular complexity index is 778. The molecule has 0 radical (unpaired) electrons. The topological polar surface area (TPSA) is 97.4 Å². The molecule has 7 nitrogen and oxygen atoms in total. The predicted molar refractivity (Wildman–Crippen MR) is 86.3 cm³/mol. The van der Waals surface area contributed by atoms with Gasteiger partial charge in [-0.15, -0.1) is 11.3 Å². The highest BCUT2D eigenvalue weighted by atomic mass is 32.1. The van der Waals surface area contributed by atoms with Crippen molar-refractivity contribution in [1.82, 2.24) is 4.98 Å². The van der Waals surface area contributed by atoms with Gasteiger partial charge < -0.3 is 15.4 Å². The molecule has 0 aliphatic carbocycles. The quantitative estimate of drug-likeness (QED) is 0.806. The van der Waals surface area contributed by atoms with Gasteiger partial charge in [0.2, 0.25) is 5.91 Å². The van der Waals surface area contributed by atoms with Crippen LogP contribution < -0.4 is 10.6 Å². The number of anilines is 2. The molecule has 1 unspecified atom stereocenters. The van der Waals surface area contributed by atoms with Crippen molar-refractivity contribution in [3.05, 3.63) is 41.2 Å². The standard InChI is InChI=1S/C15H14FN3O4S/c1-8(13(21)18-11-6-4-3-5-10(11)16)23-14(22)12-7-24-15(19-12)17-9(2)20/h3-8H,1-2H3,(H,18,21)(H,17,19,20). The van der Waals surface area contributed by atoms with Crippen molar-refractivity contribution in [2.75, 3.05) is 10.6 Å². The van der Waals surface area contributed by atoms with Crippen molar-refractivity contribution in [2.45, 2.75) is 20.0 Å². The Morgan fingerprint density at radius 2 is 1.96 bits per heavy atom. The third kappa shape index (κ3) is 4.59. The van der Waals surface area contributed by atoms with Crippen LogP contribution in [0.25, 0.3) is 0 Å². The van der Waals surface area contributed by atoms with E-state index in [1.807, 2.05) is 0 Å². The number of para-hydroxylation sites is 1. The minimum atomic E-state index is -1.15. The van der Waals surface area contributed by atoms with E-state index in [0.29, 0.717) is 0 Å². The molecule has 9 heteroatoms. The van der Waals surface area contributed by atoms with Crippen LogP contribution in [0.1, 0.15) is 24.3 Å². The van der Waals surface area contributed by atoms with Crippen LogP contribution in [0.15, 0.2) is 29.6 Å². The van der Waals surface area contributed by atoms with Gasteiger partial charge in [0.05, 0.1) is 5.69 Å². The minimum absolute atomic E-state index is 0.00741. The molecule has 1 atom stereocenters. The second-order valence-corrected chi connectivity index (χ2v) is 5.59. The molecule has 0 fully saturated rings. The minimum Gasteiger partial charge on any atom is -0.448 e. The summed E-state index contributed by atoms with van der Waals surface area (Å²) in [4.78, 5) is 38.7. The Kier molecular flexibility index (Phi) is 5.59. The van der Waals surface area contributed by atoms with Gasteiger partial charge in [-0.3, -0.25) is 9.59 Å². The summed E-state index contributed by atoms with van der Waals surface area (Å²) in [6, 6.07) is 5.64. The maximum atomic E-state index is 13.5. The average Bonchev–Trinajstić information content (AvgIpc) is 2.97. The molecule has 0 saturated carbocycles. The van der Waals surface area contributed by atoms with Crippen LogP contribution in [0.5, 0.6) is 0 Å². The normalized spacial score (nSPS) is 11.5. The van der Waals surface area contributed by atoms with E-state index in [4.69, 9.17) is 4.74 Å². The van der Waals surface area contributed by atoms with Gasteiger partial charge in [0.15, 0.2) is 16.9 Å². The maximum absolute atomic E-state index is 13.5. The van der Waals surface area contributed by atoms with Crippen molar-refractivity contribution in [1.29, 1.82) is 0 Å². The number of carbonyl (C=O) groups is 3. The van der Waals surface area contributed by atoms with Gasteiger partial charge in [-0.2, -0.15) is 0 Å². The summed E-state index contributed by atoms with van der Waals surface area (Å²) >= 11 is 1.05. The summed E-state index contributed by atoms with van der Waals surface area (Å²) in [5.74, 6) is -2.41. The Balaban J connectivity index is 1.95. The highest BCUT2D eigenvalue weighted by Crippen LogP contribution is 2.17. The largest absolute Gasteiger partial charge is 0.448 e. The van der Waals surface area contributed by atoms with E-state index in [0.717, 1.165) is 11.3 Å². The Labute approximate surface area is 140 Å². The SMILES string of the molecule is CC(=O)Nc1nc(C(=O)OC(C)C(=O)Nc2ccccc2F)cs1. The van der Waals surface area contributed by atoms with E-state index in [2.05, 4.69) is 15.6 Å². The van der Waals surface area contributed by atoms with Gasteiger partial charge >= 0.3 is 5.97 Å². The summed E-state index contributed by atoms with van der Waals surface area (Å²) in [6.45, 7) is 2.67. The van der Waals surface area contributed by atoms with Crippen molar-refractivity contribution >= 4 is 39.9 Å². The van der Waals surface area contributed by atoms with Crippen LogP contribution in [-0.4, -0.2) is 28.9 Å². The average molecular weight is 351 g/mol. The highest BCUT2D eigenvalue weighted by Gasteiger charge is 2.21. The van der Waals surface area contributed by atoms with Gasteiger partial charge in [-0.05, 0) is 19.1 Å². The van der Waals surface area contributed by atoms with E-state index in [1.54, 1.807) is 6.07 Å². The first-order valence-corrected chi connectivity index (χ1v) is 7.74. The van der Waals surface area contributed by atoms with Crippen LogP contribution in [0.2, 0.25) is 0 Å². The van der Waals surface area contributed by atoms with Crippen molar-refractivity contribution in [3.8, 4) is 0 Å². The molecular weight excluding hydrogens is 337 g/mol. The summed E-state index contributed by atoms with van der Waals surface area (Å²) in [5, 5.41) is 6.41. The first-order valence-electron chi connectivity index (χ1n) is 6.86. The number of rotatable bonds is 5. The van der Waals surface area contributed by atoms with E-state index < -0.39 is 23.8 Å². The molecule has 0 aliphatic heterocycles. The van der Waals surface area contributed by atoms with E-state index in [9.17, 15) is 18.8 Å². The molecule has 2 rings (SSSR count). The molecule has 24 heavy (non-hydrogen) atoms. The molecule has 0 aliphatic rings. The lowest BCUT2D eigenvalue weighted by molar-refractivity contribution is -0.123. The number of nitrogens with one attached hydrogen (secondary N) is 2. The lowest BCUT2D eigenvalue weighted by Gasteiger charge is -2.13. The zero-order valence-corrected chi connectivity index (χ0v) is 13.6. The lowest BCUT2D eigenvalue weighted by Crippen LogP contribution is -2.30. The van der Waals surface area contributed by atoms with Crippen LogP contribution >= 0.6 is 11.3 Å². The molecule has 0 spiro atoms. The molecule has 1 aromatic heterocycles. The number of hydrogen-bond donors (Lipinski definition) is 2. The Morgan fingerprint density at radius 3 is 2.62 bits per heavy atom. The first-order chi connectivity index (χ1) is 11.4. The molecule has 2 amide bonds. The third-order valence-electron chi connectivity index (χ3n) is 2.78. The number of carbonyl (C=O) groups excluding carboxylic acids is 3. The number of benzene rings is 1. The monoisotopic (exact) mass is 351 g/mol. The predicted octanol–water partition coefficient (Wildman–Crippen LogP) is 2.42. The second kappa shape index (κ2) is 7.64. The highest BCUT2D eigenvalue weighted by molar-refractivity contribution is 7.14. The van der Waals surface area contributed by atoms with Gasteiger partial charge in [-0.1, -0.05) is 12.1 Å². The van der Waals surface area contributed by atoms with E-state index in [1.165, 1.54) is 37.4 Å². The number of aromatic nitrogens is 1. The molecule has 2 aromatic rings. The van der Waals surface area contributed by atoms with Gasteiger partial charge in [0, 0.05) is 12.3 Å². The van der Waals surface area contributed by atoms with Crippen molar-refractivity contribution < 1.29 is 23.5 Å². The van der Waals surface area contributed by atoms with Crippen LogP contribution in [0, 0.1) is 5.82 Å². The smallest absolute Gasteiger partial charge is 0.358 e. The molecule has 1 heterocycles. The summed E-state index contributed by atoms with van der Waals surface area (Å²) < 4.78 is 18.5. The molecule has 0 saturated heterocycles. The van der Waals surface area contributed by atoms with Crippen molar-refractivity contribution in [3.63, 3.8) is 0 Å². The lowest BCUT2D eigenvalue weighted by atomic mass is 10.3. The fourth-order valence-electron chi connectivity index (χ4n) is 1.65. The Hall–Kier alpha value is -2.81. The maximum Gasteiger partial charge on any atom is 0.358 e. The summed E-state index contributed by atoms with van der Waals surface area (Å²) in [6.07, 6.45) is -1.15. The Morgan fingerprint density at radius 1 is 1.25 bits per heavy atom. The van der Waals surface area contributed by atoms with Crippen LogP contribution in [0.4, 0.5) is 15.2 Å². The zero-order chi connectivity index (χ0) is 17.7. The number of ether oxygens (including phenoxy) is 1. The van der Waals surface area contributed by atoms with Gasteiger partial charge in [-0.25, -0.2) is 14.2 Å². The number of nitrogens with zero attached hydrogens (tertiary/aromatic N) is 1. The second-order valence-electron chi connectivity index (χ2n) is 4.74. The molecule has 1 aromatic carbocycles. The summed E-state index contributed by atoms with van der Waals surface area (Å²) in [7, 11) is 0. The van der Waals surface area contributed by atoms with Crippen LogP contribution in [0.3, 0.4) is 0 Å². The number of esters is 1. The summed E-state index contributed by atoms with van der Waals surface area (Å²) in [5.41, 5.74) is -0.0405. The first kappa shape index (κ1) is 17.5. The molecule has 2 N–H and O–H groups in total. The number of amides is 2. The van der Waals surface area contributed by atoms with E-state index in [-0.39, 0.29) is 22.4 Å². The fourth-order valence-corrected chi connectivity index (χ4v) is 2.37. The number of thiazole rings is 1. The zero-order valence-electron chi connectivity index (χ0n) is 12.8. The van der Waals surface area contributed by atoms with E-state index >= 15 is 0 Å². The van der Waals surface area contributed by atoms with Gasteiger partial charge in [0.25, 0.3) is 5.91 Å². The molecule has 0 bridgehead atoms. The molecular formula is C15H14FN3O4S. The molecule has 126 valence electrons. The third-order valence-corrected chi connectivity index (χ3v) is 3.54.